The number of benzene rings is 4. The van der Waals surface area contributed by atoms with Gasteiger partial charge in [-0.05, 0) is 65.7 Å². The van der Waals surface area contributed by atoms with Crippen molar-refractivity contribution in [2.75, 3.05) is 4.90 Å². The fourth-order valence-electron chi connectivity index (χ4n) is 4.01. The number of carbonyl (C=O) groups is 3. The van der Waals surface area contributed by atoms with Gasteiger partial charge >= 0.3 is 6.03 Å². The van der Waals surface area contributed by atoms with Crippen LogP contribution in [0, 0.1) is 0 Å². The van der Waals surface area contributed by atoms with Crippen LogP contribution in [0.1, 0.15) is 16.7 Å². The van der Waals surface area contributed by atoms with Crippen LogP contribution in [0.2, 0.25) is 15.1 Å². The number of halogens is 3. The lowest BCUT2D eigenvalue weighted by Crippen LogP contribution is -2.54. The van der Waals surface area contributed by atoms with E-state index in [2.05, 4.69) is 5.32 Å². The standard InChI is InChI=1S/C31H21Cl3N2O5/c32-22-8-7-21(26(33)16-22)18-40-24-11-9-23(10-12-24)36-30(38)25(29(37)35-31(36)39)14-20-6-13-28(27(34)15-20)41-17-19-4-2-1-3-5-19/h1-16H,17-18H2,(H,35,37,39)/b25-14+. The van der Waals surface area contributed by atoms with Gasteiger partial charge in [-0.2, -0.15) is 0 Å². The van der Waals surface area contributed by atoms with Gasteiger partial charge in [0, 0.05) is 15.6 Å². The summed E-state index contributed by atoms with van der Waals surface area (Å²) in [5, 5.41) is 3.51. The molecule has 0 saturated carbocycles. The number of barbiturate groups is 1. The Kier molecular flexibility index (Phi) is 8.59. The van der Waals surface area contributed by atoms with E-state index in [9.17, 15) is 14.4 Å². The highest BCUT2D eigenvalue weighted by Crippen LogP contribution is 2.29. The van der Waals surface area contributed by atoms with E-state index in [1.54, 1.807) is 60.7 Å². The Hall–Kier alpha value is -4.30. The Labute approximate surface area is 250 Å². The van der Waals surface area contributed by atoms with Gasteiger partial charge in [0.25, 0.3) is 11.8 Å². The van der Waals surface area contributed by atoms with Gasteiger partial charge in [-0.15, -0.1) is 0 Å². The van der Waals surface area contributed by atoms with Crippen molar-refractivity contribution in [2.24, 2.45) is 0 Å². The molecule has 41 heavy (non-hydrogen) atoms. The van der Waals surface area contributed by atoms with Crippen LogP contribution in [-0.2, 0) is 22.8 Å². The average molecular weight is 608 g/mol. The maximum atomic E-state index is 13.3. The van der Waals surface area contributed by atoms with Gasteiger partial charge in [0.1, 0.15) is 30.3 Å². The summed E-state index contributed by atoms with van der Waals surface area (Å²) in [7, 11) is 0. The van der Waals surface area contributed by atoms with Crippen LogP contribution in [0.15, 0.2) is 96.6 Å². The largest absolute Gasteiger partial charge is 0.489 e. The molecule has 4 aromatic carbocycles. The molecule has 0 radical (unpaired) electrons. The molecule has 0 bridgehead atoms. The summed E-state index contributed by atoms with van der Waals surface area (Å²) in [5.41, 5.74) is 2.24. The maximum Gasteiger partial charge on any atom is 0.335 e. The van der Waals surface area contributed by atoms with Crippen LogP contribution in [0.4, 0.5) is 10.5 Å². The molecule has 4 amide bonds. The lowest BCUT2D eigenvalue weighted by molar-refractivity contribution is -0.122. The van der Waals surface area contributed by atoms with Crippen molar-refractivity contribution in [3.63, 3.8) is 0 Å². The average Bonchev–Trinajstić information content (AvgIpc) is 2.95. The molecule has 0 atom stereocenters. The fourth-order valence-corrected chi connectivity index (χ4v) is 4.72. The first-order chi connectivity index (χ1) is 19.8. The first-order valence-electron chi connectivity index (χ1n) is 12.3. The molecule has 1 aliphatic heterocycles. The molecule has 0 spiro atoms. The number of nitrogens with zero attached hydrogens (tertiary/aromatic N) is 1. The Morgan fingerprint density at radius 2 is 1.51 bits per heavy atom. The van der Waals surface area contributed by atoms with E-state index in [1.165, 1.54) is 6.08 Å². The van der Waals surface area contributed by atoms with E-state index in [-0.39, 0.29) is 17.9 Å². The number of imide groups is 2. The number of rotatable bonds is 8. The summed E-state index contributed by atoms with van der Waals surface area (Å²) in [4.78, 5) is 39.4. The summed E-state index contributed by atoms with van der Waals surface area (Å²) < 4.78 is 11.6. The molecule has 206 valence electrons. The Balaban J connectivity index is 1.29. The zero-order valence-electron chi connectivity index (χ0n) is 21.3. The summed E-state index contributed by atoms with van der Waals surface area (Å²) in [6.45, 7) is 0.524. The maximum absolute atomic E-state index is 13.3. The SMILES string of the molecule is O=C1NC(=O)N(c2ccc(OCc3ccc(Cl)cc3Cl)cc2)C(=O)/C1=C/c1ccc(OCc2ccccc2)c(Cl)c1. The third-order valence-electron chi connectivity index (χ3n) is 6.11. The predicted molar refractivity (Wildman–Crippen MR) is 158 cm³/mol. The van der Waals surface area contributed by atoms with Gasteiger partial charge in [0.2, 0.25) is 0 Å². The first-order valence-corrected chi connectivity index (χ1v) is 13.5. The number of ether oxygens (including phenoxy) is 2. The highest BCUT2D eigenvalue weighted by Gasteiger charge is 2.36. The number of amides is 4. The molecule has 5 rings (SSSR count). The van der Waals surface area contributed by atoms with Crippen LogP contribution < -0.4 is 19.7 Å². The Morgan fingerprint density at radius 1 is 0.756 bits per heavy atom. The minimum Gasteiger partial charge on any atom is -0.489 e. The van der Waals surface area contributed by atoms with E-state index in [0.717, 1.165) is 16.0 Å². The molecule has 1 N–H and O–H groups in total. The number of hydrogen-bond acceptors (Lipinski definition) is 5. The van der Waals surface area contributed by atoms with Crippen molar-refractivity contribution in [3.8, 4) is 11.5 Å². The molecule has 1 fully saturated rings. The zero-order chi connectivity index (χ0) is 28.9. The monoisotopic (exact) mass is 606 g/mol. The van der Waals surface area contributed by atoms with Crippen LogP contribution in [0.25, 0.3) is 6.08 Å². The van der Waals surface area contributed by atoms with E-state index >= 15 is 0 Å². The summed E-state index contributed by atoms with van der Waals surface area (Å²) in [5.74, 6) is -0.646. The molecule has 1 aliphatic rings. The molecule has 0 aliphatic carbocycles. The molecular weight excluding hydrogens is 587 g/mol. The third-order valence-corrected chi connectivity index (χ3v) is 6.99. The highest BCUT2D eigenvalue weighted by molar-refractivity contribution is 6.39. The molecule has 4 aromatic rings. The van der Waals surface area contributed by atoms with Crippen LogP contribution in [0.5, 0.6) is 11.5 Å². The van der Waals surface area contributed by atoms with E-state index < -0.39 is 17.8 Å². The van der Waals surface area contributed by atoms with E-state index in [0.29, 0.717) is 38.7 Å². The number of hydrogen-bond donors (Lipinski definition) is 1. The van der Waals surface area contributed by atoms with Crippen LogP contribution >= 0.6 is 34.8 Å². The molecule has 7 nitrogen and oxygen atoms in total. The van der Waals surface area contributed by atoms with Crippen molar-refractivity contribution in [1.29, 1.82) is 0 Å². The highest BCUT2D eigenvalue weighted by atomic mass is 35.5. The van der Waals surface area contributed by atoms with Gasteiger partial charge < -0.3 is 9.47 Å². The Morgan fingerprint density at radius 3 is 2.22 bits per heavy atom. The second-order valence-corrected chi connectivity index (χ2v) is 10.2. The predicted octanol–water partition coefficient (Wildman–Crippen LogP) is 7.47. The molecule has 0 aromatic heterocycles. The zero-order valence-corrected chi connectivity index (χ0v) is 23.5. The first kappa shape index (κ1) is 28.2. The van der Waals surface area contributed by atoms with Gasteiger partial charge in [0.15, 0.2) is 0 Å². The summed E-state index contributed by atoms with van der Waals surface area (Å²) >= 11 is 18.5. The molecular formula is C31H21Cl3N2O5. The van der Waals surface area contributed by atoms with Crippen molar-refractivity contribution in [3.05, 3.63) is 128 Å². The molecule has 1 saturated heterocycles. The van der Waals surface area contributed by atoms with Crippen LogP contribution in [0.3, 0.4) is 0 Å². The van der Waals surface area contributed by atoms with Crippen LogP contribution in [-0.4, -0.2) is 17.8 Å². The fraction of sp³-hybridized carbons (Fsp3) is 0.0645. The number of nitrogens with one attached hydrogen (secondary N) is 1. The molecule has 10 heteroatoms. The van der Waals surface area contributed by atoms with E-state index in [4.69, 9.17) is 44.3 Å². The topological polar surface area (TPSA) is 84.9 Å². The lowest BCUT2D eigenvalue weighted by Gasteiger charge is -2.26. The minimum atomic E-state index is -0.860. The number of urea groups is 1. The van der Waals surface area contributed by atoms with Crippen molar-refractivity contribution < 1.29 is 23.9 Å². The van der Waals surface area contributed by atoms with Crippen molar-refractivity contribution >= 4 is 64.4 Å². The smallest absolute Gasteiger partial charge is 0.335 e. The normalized spacial score (nSPS) is 14.3. The minimum absolute atomic E-state index is 0.193. The van der Waals surface area contributed by atoms with E-state index in [1.807, 2.05) is 30.3 Å². The third kappa shape index (κ3) is 6.72. The molecule has 0 unspecified atom stereocenters. The van der Waals surface area contributed by atoms with Gasteiger partial charge in [-0.3, -0.25) is 14.9 Å². The number of anilines is 1. The van der Waals surface area contributed by atoms with Crippen molar-refractivity contribution in [2.45, 2.75) is 13.2 Å². The van der Waals surface area contributed by atoms with Crippen molar-refractivity contribution in [1.82, 2.24) is 5.32 Å². The lowest BCUT2D eigenvalue weighted by atomic mass is 10.1. The Bertz CT molecular complexity index is 1660. The molecule has 1 heterocycles. The van der Waals surface area contributed by atoms with Gasteiger partial charge in [-0.25, -0.2) is 9.69 Å². The van der Waals surface area contributed by atoms with Gasteiger partial charge in [-0.1, -0.05) is 77.3 Å². The second kappa shape index (κ2) is 12.5. The second-order valence-electron chi connectivity index (χ2n) is 8.94. The quantitative estimate of drug-likeness (QED) is 0.166. The van der Waals surface area contributed by atoms with Gasteiger partial charge in [0.05, 0.1) is 10.7 Å². The summed E-state index contributed by atoms with van der Waals surface area (Å²) in [6.07, 6.45) is 1.37. The summed E-state index contributed by atoms with van der Waals surface area (Å²) in [6, 6.07) is 25.0. The number of carbonyl (C=O) groups excluding carboxylic acids is 3.